The second kappa shape index (κ2) is 8.35. The first-order chi connectivity index (χ1) is 13.7. The highest BCUT2D eigenvalue weighted by atomic mass is 32.2. The van der Waals surface area contributed by atoms with Crippen LogP contribution in [0.15, 0.2) is 82.8 Å². The zero-order valence-corrected chi connectivity index (χ0v) is 16.2. The zero-order chi connectivity index (χ0) is 19.3. The predicted octanol–water partition coefficient (Wildman–Crippen LogP) is 5.39. The van der Waals surface area contributed by atoms with Crippen molar-refractivity contribution in [2.75, 3.05) is 11.8 Å². The van der Waals surface area contributed by atoms with Gasteiger partial charge in [-0.1, -0.05) is 24.3 Å². The number of hydrogen-bond donors (Lipinski definition) is 2. The van der Waals surface area contributed by atoms with Crippen molar-refractivity contribution in [3.8, 4) is 5.75 Å². The van der Waals surface area contributed by atoms with Crippen molar-refractivity contribution in [3.63, 3.8) is 0 Å². The van der Waals surface area contributed by atoms with Crippen LogP contribution in [0.25, 0.3) is 0 Å². The highest BCUT2D eigenvalue weighted by molar-refractivity contribution is 8.00. The zero-order valence-electron chi connectivity index (χ0n) is 15.4. The first-order valence-corrected chi connectivity index (χ1v) is 9.78. The number of hydrogen-bond acceptors (Lipinski definition) is 5. The van der Waals surface area contributed by atoms with Crippen molar-refractivity contribution < 1.29 is 9.13 Å². The average molecular weight is 393 g/mol. The largest absolute Gasteiger partial charge is 0.497 e. The molecule has 0 bridgehead atoms. The van der Waals surface area contributed by atoms with Crippen LogP contribution in [-0.2, 0) is 0 Å². The summed E-state index contributed by atoms with van der Waals surface area (Å²) < 4.78 is 21.4. The third kappa shape index (κ3) is 4.28. The molecule has 1 unspecified atom stereocenters. The van der Waals surface area contributed by atoms with Crippen molar-refractivity contribution in [2.24, 2.45) is 5.10 Å². The molecular weight excluding hydrogens is 373 g/mol. The molecule has 4 rings (SSSR count). The SMILES string of the molecule is COc1ccc(C2CC(c3ccc(NSc4ccc(F)cc4)cc3)=NN2)cc1. The maximum atomic E-state index is 13.0. The van der Waals surface area contributed by atoms with Crippen LogP contribution in [0.5, 0.6) is 5.75 Å². The minimum absolute atomic E-state index is 0.174. The number of methoxy groups -OCH3 is 1. The van der Waals surface area contributed by atoms with E-state index in [1.165, 1.54) is 29.6 Å². The van der Waals surface area contributed by atoms with Gasteiger partial charge in [0.1, 0.15) is 11.6 Å². The first kappa shape index (κ1) is 18.4. The summed E-state index contributed by atoms with van der Waals surface area (Å²) in [6.07, 6.45) is 0.837. The van der Waals surface area contributed by atoms with E-state index in [2.05, 4.69) is 39.5 Å². The molecule has 0 aromatic heterocycles. The minimum atomic E-state index is -0.229. The lowest BCUT2D eigenvalue weighted by molar-refractivity contribution is 0.414. The van der Waals surface area contributed by atoms with Gasteiger partial charge in [0.15, 0.2) is 0 Å². The number of anilines is 1. The summed E-state index contributed by atoms with van der Waals surface area (Å²) in [5.74, 6) is 0.622. The van der Waals surface area contributed by atoms with Gasteiger partial charge in [-0.25, -0.2) is 4.39 Å². The van der Waals surface area contributed by atoms with E-state index in [1.54, 1.807) is 19.2 Å². The van der Waals surface area contributed by atoms with Gasteiger partial charge in [-0.3, -0.25) is 0 Å². The Labute approximate surface area is 168 Å². The highest BCUT2D eigenvalue weighted by Gasteiger charge is 2.21. The van der Waals surface area contributed by atoms with Crippen LogP contribution in [0.3, 0.4) is 0 Å². The fourth-order valence-electron chi connectivity index (χ4n) is 3.00. The molecule has 0 spiro atoms. The summed E-state index contributed by atoms with van der Waals surface area (Å²) >= 11 is 1.45. The van der Waals surface area contributed by atoms with E-state index < -0.39 is 0 Å². The normalized spacial score (nSPS) is 15.6. The third-order valence-electron chi connectivity index (χ3n) is 4.59. The topological polar surface area (TPSA) is 45.6 Å². The quantitative estimate of drug-likeness (QED) is 0.551. The van der Waals surface area contributed by atoms with Gasteiger partial charge in [-0.2, -0.15) is 5.10 Å². The molecule has 1 atom stereocenters. The van der Waals surface area contributed by atoms with Crippen LogP contribution in [0.2, 0.25) is 0 Å². The van der Waals surface area contributed by atoms with E-state index >= 15 is 0 Å². The molecule has 0 amide bonds. The summed E-state index contributed by atoms with van der Waals surface area (Å²) in [5, 5.41) is 4.51. The lowest BCUT2D eigenvalue weighted by Gasteiger charge is -2.11. The average Bonchev–Trinajstić information content (AvgIpc) is 3.24. The number of benzene rings is 3. The Hall–Kier alpha value is -2.99. The summed E-state index contributed by atoms with van der Waals surface area (Å²) in [5.41, 5.74) is 7.53. The Morgan fingerprint density at radius 1 is 1.00 bits per heavy atom. The van der Waals surface area contributed by atoms with Gasteiger partial charge in [-0.15, -0.1) is 0 Å². The molecule has 4 nitrogen and oxygen atoms in total. The predicted molar refractivity (Wildman–Crippen MR) is 112 cm³/mol. The fraction of sp³-hybridized carbons (Fsp3) is 0.136. The molecule has 2 N–H and O–H groups in total. The van der Waals surface area contributed by atoms with E-state index in [4.69, 9.17) is 4.74 Å². The first-order valence-electron chi connectivity index (χ1n) is 8.96. The Morgan fingerprint density at radius 2 is 1.71 bits per heavy atom. The number of hydrazone groups is 1. The van der Waals surface area contributed by atoms with E-state index in [-0.39, 0.29) is 11.9 Å². The second-order valence-electron chi connectivity index (χ2n) is 6.45. The maximum Gasteiger partial charge on any atom is 0.123 e. The van der Waals surface area contributed by atoms with Crippen LogP contribution in [-0.4, -0.2) is 12.8 Å². The molecule has 3 aromatic carbocycles. The molecule has 0 aliphatic carbocycles. The van der Waals surface area contributed by atoms with Gasteiger partial charge in [0.05, 0.1) is 18.9 Å². The van der Waals surface area contributed by atoms with Crippen molar-refractivity contribution >= 4 is 23.3 Å². The summed E-state index contributed by atoms with van der Waals surface area (Å²) in [6.45, 7) is 0. The van der Waals surface area contributed by atoms with Crippen molar-refractivity contribution in [3.05, 3.63) is 89.7 Å². The standard InChI is InChI=1S/C22H20FN3OS/c1-27-19-10-4-16(5-11-19)22-14-21(24-25-22)15-2-8-18(9-3-15)26-28-20-12-6-17(23)7-13-20/h2-13,22,25-26H,14H2,1H3. The van der Waals surface area contributed by atoms with Gasteiger partial charge in [-0.05, 0) is 71.6 Å². The second-order valence-corrected chi connectivity index (χ2v) is 7.33. The van der Waals surface area contributed by atoms with E-state index in [1.807, 2.05) is 24.3 Å². The lowest BCUT2D eigenvalue weighted by Crippen LogP contribution is -2.09. The molecule has 1 aliphatic rings. The van der Waals surface area contributed by atoms with Gasteiger partial charge >= 0.3 is 0 Å². The van der Waals surface area contributed by atoms with Crippen LogP contribution < -0.4 is 14.9 Å². The van der Waals surface area contributed by atoms with E-state index in [9.17, 15) is 4.39 Å². The van der Waals surface area contributed by atoms with Crippen molar-refractivity contribution in [2.45, 2.75) is 17.4 Å². The van der Waals surface area contributed by atoms with Gasteiger partial charge in [0.25, 0.3) is 0 Å². The Balaban J connectivity index is 1.35. The number of rotatable bonds is 6. The van der Waals surface area contributed by atoms with Crippen LogP contribution in [0.1, 0.15) is 23.6 Å². The monoisotopic (exact) mass is 393 g/mol. The maximum absolute atomic E-state index is 13.0. The van der Waals surface area contributed by atoms with Crippen LogP contribution in [0, 0.1) is 5.82 Å². The van der Waals surface area contributed by atoms with Gasteiger partial charge in [0.2, 0.25) is 0 Å². The molecule has 6 heteroatoms. The molecule has 3 aromatic rings. The Morgan fingerprint density at radius 3 is 2.39 bits per heavy atom. The highest BCUT2D eigenvalue weighted by Crippen LogP contribution is 2.27. The summed E-state index contributed by atoms with van der Waals surface area (Å²) in [4.78, 5) is 0.956. The molecule has 1 heterocycles. The fourth-order valence-corrected chi connectivity index (χ4v) is 3.65. The number of nitrogens with zero attached hydrogens (tertiary/aromatic N) is 1. The van der Waals surface area contributed by atoms with Crippen molar-refractivity contribution in [1.29, 1.82) is 0 Å². The smallest absolute Gasteiger partial charge is 0.123 e. The number of halogens is 1. The molecule has 0 fully saturated rings. The Bertz CT molecular complexity index is 957. The molecule has 0 radical (unpaired) electrons. The number of nitrogens with one attached hydrogen (secondary N) is 2. The van der Waals surface area contributed by atoms with E-state index in [0.717, 1.165) is 34.0 Å². The lowest BCUT2D eigenvalue weighted by atomic mass is 9.99. The number of ether oxygens (including phenoxy) is 1. The van der Waals surface area contributed by atoms with E-state index in [0.29, 0.717) is 0 Å². The van der Waals surface area contributed by atoms with Crippen LogP contribution in [0.4, 0.5) is 10.1 Å². The molecular formula is C22H20FN3OS. The molecule has 0 saturated heterocycles. The third-order valence-corrected chi connectivity index (χ3v) is 5.44. The van der Waals surface area contributed by atoms with Gasteiger partial charge in [0, 0.05) is 17.0 Å². The van der Waals surface area contributed by atoms with Gasteiger partial charge < -0.3 is 14.9 Å². The summed E-state index contributed by atoms with van der Waals surface area (Å²) in [6, 6.07) is 22.8. The molecule has 1 aliphatic heterocycles. The van der Waals surface area contributed by atoms with Crippen molar-refractivity contribution in [1.82, 2.24) is 5.43 Å². The molecule has 28 heavy (non-hydrogen) atoms. The summed E-state index contributed by atoms with van der Waals surface area (Å²) in [7, 11) is 1.67. The van der Waals surface area contributed by atoms with Crippen LogP contribution >= 0.6 is 11.9 Å². The Kier molecular flexibility index (Phi) is 5.48. The molecule has 0 saturated carbocycles. The molecule has 142 valence electrons. The minimum Gasteiger partial charge on any atom is -0.497 e.